The Kier molecular flexibility index (Phi) is 6.79. The second-order valence-corrected chi connectivity index (χ2v) is 10.1. The Hall–Kier alpha value is -1.77. The van der Waals surface area contributed by atoms with E-state index in [0.29, 0.717) is 24.1 Å². The predicted molar refractivity (Wildman–Crippen MR) is 124 cm³/mol. The van der Waals surface area contributed by atoms with Crippen LogP contribution >= 0.6 is 11.3 Å². The number of nitrogens with one attached hydrogen (secondary N) is 1. The molecule has 170 valence electrons. The third kappa shape index (κ3) is 4.86. The first-order valence-electron chi connectivity index (χ1n) is 11.4. The van der Waals surface area contributed by atoms with Gasteiger partial charge < -0.3 is 19.7 Å². The number of aromatic nitrogens is 2. The van der Waals surface area contributed by atoms with Gasteiger partial charge >= 0.3 is 5.97 Å². The Balaban J connectivity index is 1.68. The molecule has 4 rings (SSSR count). The van der Waals surface area contributed by atoms with Crippen LogP contribution < -0.4 is 5.32 Å². The van der Waals surface area contributed by atoms with Gasteiger partial charge in [0, 0.05) is 12.6 Å². The highest BCUT2D eigenvalue weighted by atomic mass is 32.1. The number of esters is 1. The molecule has 1 saturated heterocycles. The van der Waals surface area contributed by atoms with Gasteiger partial charge in [-0.25, -0.2) is 14.8 Å². The van der Waals surface area contributed by atoms with Gasteiger partial charge in [0.05, 0.1) is 24.1 Å². The Morgan fingerprint density at radius 2 is 2.06 bits per heavy atom. The van der Waals surface area contributed by atoms with Crippen molar-refractivity contribution in [1.82, 2.24) is 14.9 Å². The lowest BCUT2D eigenvalue weighted by Crippen LogP contribution is -2.45. The number of thiophene rings is 1. The van der Waals surface area contributed by atoms with Gasteiger partial charge in [-0.1, -0.05) is 19.3 Å². The summed E-state index contributed by atoms with van der Waals surface area (Å²) >= 11 is 1.40. The van der Waals surface area contributed by atoms with Gasteiger partial charge in [0.1, 0.15) is 21.3 Å². The number of carbonyl (C=O) groups excluding carboxylic acids is 1. The SMILES string of the molecule is CCOC(=O)c1sc2nc(CN(C)C)nc(NC3CCOC4(CCCCC4)C3)c2c1C. The van der Waals surface area contributed by atoms with E-state index in [1.807, 2.05) is 27.9 Å². The highest BCUT2D eigenvalue weighted by Gasteiger charge is 2.38. The molecular weight excluding hydrogens is 412 g/mol. The summed E-state index contributed by atoms with van der Waals surface area (Å²) in [5.74, 6) is 1.32. The summed E-state index contributed by atoms with van der Waals surface area (Å²) in [5, 5.41) is 4.68. The van der Waals surface area contributed by atoms with Crippen molar-refractivity contribution >= 4 is 33.3 Å². The van der Waals surface area contributed by atoms with Crippen LogP contribution in [0.15, 0.2) is 0 Å². The number of fused-ring (bicyclic) bond motifs is 1. The molecule has 7 nitrogen and oxygen atoms in total. The van der Waals surface area contributed by atoms with E-state index >= 15 is 0 Å². The minimum atomic E-state index is -0.282. The average Bonchev–Trinajstić information content (AvgIpc) is 3.05. The smallest absolute Gasteiger partial charge is 0.348 e. The predicted octanol–water partition coefficient (Wildman–Crippen LogP) is 4.53. The van der Waals surface area contributed by atoms with Crippen molar-refractivity contribution in [3.8, 4) is 0 Å². The van der Waals surface area contributed by atoms with E-state index in [-0.39, 0.29) is 11.6 Å². The van der Waals surface area contributed by atoms with Gasteiger partial charge in [0.2, 0.25) is 0 Å². The Bertz CT molecular complexity index is 931. The monoisotopic (exact) mass is 446 g/mol. The fraction of sp³-hybridized carbons (Fsp3) is 0.696. The minimum absolute atomic E-state index is 0.0204. The molecule has 1 aliphatic carbocycles. The van der Waals surface area contributed by atoms with Crippen LogP contribution in [0.3, 0.4) is 0 Å². The van der Waals surface area contributed by atoms with Crippen molar-refractivity contribution in [1.29, 1.82) is 0 Å². The van der Waals surface area contributed by atoms with Crippen molar-refractivity contribution in [3.63, 3.8) is 0 Å². The summed E-state index contributed by atoms with van der Waals surface area (Å²) in [5.41, 5.74) is 0.920. The molecule has 1 N–H and O–H groups in total. The first-order valence-corrected chi connectivity index (χ1v) is 12.2. The maximum absolute atomic E-state index is 12.5. The van der Waals surface area contributed by atoms with E-state index in [9.17, 15) is 4.79 Å². The summed E-state index contributed by atoms with van der Waals surface area (Å²) < 4.78 is 11.6. The van der Waals surface area contributed by atoms with Crippen LogP contribution in [0.2, 0.25) is 0 Å². The second-order valence-electron chi connectivity index (χ2n) is 9.11. The number of carbonyl (C=O) groups is 1. The van der Waals surface area contributed by atoms with E-state index < -0.39 is 0 Å². The van der Waals surface area contributed by atoms with Gasteiger partial charge in [-0.15, -0.1) is 11.3 Å². The summed E-state index contributed by atoms with van der Waals surface area (Å²) in [7, 11) is 4.02. The zero-order valence-corrected chi connectivity index (χ0v) is 19.9. The van der Waals surface area contributed by atoms with Crippen LogP contribution in [0, 0.1) is 6.92 Å². The third-order valence-electron chi connectivity index (χ3n) is 6.35. The molecule has 0 bridgehead atoms. The molecule has 1 unspecified atom stereocenters. The lowest BCUT2D eigenvalue weighted by atomic mass is 9.78. The van der Waals surface area contributed by atoms with E-state index in [2.05, 4.69) is 10.2 Å². The lowest BCUT2D eigenvalue weighted by molar-refractivity contribution is -0.103. The number of rotatable bonds is 6. The quantitative estimate of drug-likeness (QED) is 0.653. The Labute approximate surface area is 188 Å². The van der Waals surface area contributed by atoms with Gasteiger partial charge in [0.15, 0.2) is 0 Å². The van der Waals surface area contributed by atoms with Crippen LogP contribution in [0.4, 0.5) is 5.82 Å². The van der Waals surface area contributed by atoms with Gasteiger partial charge in [-0.3, -0.25) is 0 Å². The first-order chi connectivity index (χ1) is 14.9. The largest absolute Gasteiger partial charge is 0.462 e. The number of anilines is 1. The molecule has 31 heavy (non-hydrogen) atoms. The number of aryl methyl sites for hydroxylation is 1. The molecule has 1 saturated carbocycles. The standard InChI is InChI=1S/C23H34N4O3S/c1-5-29-22(28)19-15(2)18-20(25-17(14-27(3)4)26-21(18)31-19)24-16-9-12-30-23(13-16)10-7-6-8-11-23/h16H,5-14H2,1-4H3,(H,24,25,26). The number of hydrogen-bond donors (Lipinski definition) is 1. The van der Waals surface area contributed by atoms with Crippen LogP contribution in [0.5, 0.6) is 0 Å². The summed E-state index contributed by atoms with van der Waals surface area (Å²) in [4.78, 5) is 25.7. The molecule has 2 aromatic heterocycles. The minimum Gasteiger partial charge on any atom is -0.462 e. The summed E-state index contributed by atoms with van der Waals surface area (Å²) in [6.45, 7) is 5.59. The fourth-order valence-corrected chi connectivity index (χ4v) is 6.01. The fourth-order valence-electron chi connectivity index (χ4n) is 4.92. The van der Waals surface area contributed by atoms with Crippen LogP contribution in [0.1, 0.15) is 72.9 Å². The van der Waals surface area contributed by atoms with Crippen molar-refractivity contribution in [3.05, 3.63) is 16.3 Å². The molecule has 2 fully saturated rings. The van der Waals surface area contributed by atoms with Crippen molar-refractivity contribution in [2.45, 2.75) is 77.0 Å². The molecule has 0 radical (unpaired) electrons. The maximum atomic E-state index is 12.5. The van der Waals surface area contributed by atoms with Gasteiger partial charge in [0.25, 0.3) is 0 Å². The third-order valence-corrected chi connectivity index (χ3v) is 7.52. The lowest BCUT2D eigenvalue weighted by Gasteiger charge is -2.43. The highest BCUT2D eigenvalue weighted by molar-refractivity contribution is 7.20. The molecule has 1 atom stereocenters. The van der Waals surface area contributed by atoms with E-state index in [1.165, 1.54) is 30.6 Å². The van der Waals surface area contributed by atoms with E-state index in [0.717, 1.165) is 59.7 Å². The molecule has 3 heterocycles. The average molecular weight is 447 g/mol. The molecule has 1 spiro atoms. The highest BCUT2D eigenvalue weighted by Crippen LogP contribution is 2.40. The van der Waals surface area contributed by atoms with E-state index in [4.69, 9.17) is 19.4 Å². The number of hydrogen-bond acceptors (Lipinski definition) is 8. The maximum Gasteiger partial charge on any atom is 0.348 e. The molecule has 1 aliphatic heterocycles. The summed E-state index contributed by atoms with van der Waals surface area (Å²) in [6.07, 6.45) is 8.10. The second kappa shape index (κ2) is 9.38. The molecule has 2 aromatic rings. The molecular formula is C23H34N4O3S. The van der Waals surface area contributed by atoms with Gasteiger partial charge in [-0.2, -0.15) is 0 Å². The molecule has 2 aliphatic rings. The normalized spacial score (nSPS) is 21.0. The van der Waals surface area contributed by atoms with Crippen molar-refractivity contribution in [2.75, 3.05) is 32.6 Å². The van der Waals surface area contributed by atoms with Crippen LogP contribution in [-0.4, -0.2) is 59.8 Å². The van der Waals surface area contributed by atoms with Crippen molar-refractivity contribution in [2.24, 2.45) is 0 Å². The topological polar surface area (TPSA) is 76.6 Å². The van der Waals surface area contributed by atoms with E-state index in [1.54, 1.807) is 0 Å². The zero-order valence-electron chi connectivity index (χ0n) is 19.1. The molecule has 0 aromatic carbocycles. The zero-order chi connectivity index (χ0) is 22.0. The van der Waals surface area contributed by atoms with Gasteiger partial charge in [-0.05, 0) is 59.2 Å². The van der Waals surface area contributed by atoms with Crippen LogP contribution in [0.25, 0.3) is 10.2 Å². The molecule has 8 heteroatoms. The van der Waals surface area contributed by atoms with Crippen molar-refractivity contribution < 1.29 is 14.3 Å². The summed E-state index contributed by atoms with van der Waals surface area (Å²) in [6, 6.07) is 0.308. The number of ether oxygens (including phenoxy) is 2. The first kappa shape index (κ1) is 22.4. The Morgan fingerprint density at radius 3 is 2.77 bits per heavy atom. The Morgan fingerprint density at radius 1 is 1.29 bits per heavy atom. The molecule has 0 amide bonds. The van der Waals surface area contributed by atoms with Crippen LogP contribution in [-0.2, 0) is 16.0 Å². The number of nitrogens with zero attached hydrogens (tertiary/aromatic N) is 3.